The molecule has 0 aliphatic rings. The summed E-state index contributed by atoms with van der Waals surface area (Å²) in [5, 5.41) is 10.1. The van der Waals surface area contributed by atoms with Crippen LogP contribution in [0.4, 0.5) is 4.39 Å². The van der Waals surface area contributed by atoms with Gasteiger partial charge in [0.25, 0.3) is 0 Å². The Morgan fingerprint density at radius 1 is 1.10 bits per heavy atom. The van der Waals surface area contributed by atoms with Gasteiger partial charge in [-0.05, 0) is 29.8 Å². The van der Waals surface area contributed by atoms with Crippen LogP contribution < -0.4 is 0 Å². The van der Waals surface area contributed by atoms with Gasteiger partial charge in [0.05, 0.1) is 11.0 Å². The molecule has 0 spiro atoms. The minimum Gasteiger partial charge on any atom is -0.387 e. The Morgan fingerprint density at radius 3 is 2.24 bits per heavy atom. The van der Waals surface area contributed by atoms with Crippen molar-refractivity contribution in [2.24, 2.45) is 0 Å². The normalized spacial score (nSPS) is 13.3. The van der Waals surface area contributed by atoms with Crippen LogP contribution in [0.2, 0.25) is 0 Å². The van der Waals surface area contributed by atoms with Crippen LogP contribution in [0.15, 0.2) is 59.5 Å². The van der Waals surface area contributed by atoms with Gasteiger partial charge in [0.15, 0.2) is 0 Å². The summed E-state index contributed by atoms with van der Waals surface area (Å²) in [6.45, 7) is -0.0796. The summed E-state index contributed by atoms with van der Waals surface area (Å²) in [5.41, 5.74) is 0.638. The highest BCUT2D eigenvalue weighted by Crippen LogP contribution is 2.19. The molecule has 6 heteroatoms. The first-order valence-corrected chi connectivity index (χ1v) is 7.80. The molecule has 2 aromatic rings. The van der Waals surface area contributed by atoms with Gasteiger partial charge in [-0.3, -0.25) is 0 Å². The SMILES string of the molecule is CN(CC(O)c1ccccc1)S(=O)(=O)c1ccc(F)cc1. The summed E-state index contributed by atoms with van der Waals surface area (Å²) >= 11 is 0. The first-order chi connectivity index (χ1) is 9.91. The average molecular weight is 309 g/mol. The predicted molar refractivity (Wildman–Crippen MR) is 77.6 cm³/mol. The van der Waals surface area contributed by atoms with Gasteiger partial charge in [-0.15, -0.1) is 0 Å². The summed E-state index contributed by atoms with van der Waals surface area (Å²) in [5.74, 6) is -0.499. The molecule has 0 fully saturated rings. The molecular formula is C15H16FNO3S. The van der Waals surface area contributed by atoms with E-state index < -0.39 is 21.9 Å². The van der Waals surface area contributed by atoms with E-state index in [0.717, 1.165) is 16.4 Å². The maximum absolute atomic E-state index is 12.9. The van der Waals surface area contributed by atoms with Crippen molar-refractivity contribution in [3.8, 4) is 0 Å². The molecule has 2 aromatic carbocycles. The van der Waals surface area contributed by atoms with Crippen LogP contribution in [-0.4, -0.2) is 31.4 Å². The van der Waals surface area contributed by atoms with Crippen LogP contribution in [0.5, 0.6) is 0 Å². The maximum Gasteiger partial charge on any atom is 0.242 e. The topological polar surface area (TPSA) is 57.6 Å². The number of aliphatic hydroxyl groups is 1. The standard InChI is InChI=1S/C15H16FNO3S/c1-17(11-15(18)12-5-3-2-4-6-12)21(19,20)14-9-7-13(16)8-10-14/h2-10,15,18H,11H2,1H3. The van der Waals surface area contributed by atoms with Crippen LogP contribution in [0.25, 0.3) is 0 Å². The molecule has 1 N–H and O–H groups in total. The van der Waals surface area contributed by atoms with Crippen LogP contribution in [-0.2, 0) is 10.0 Å². The number of halogens is 1. The second kappa shape index (κ2) is 6.34. The lowest BCUT2D eigenvalue weighted by Crippen LogP contribution is -2.31. The van der Waals surface area contributed by atoms with Crippen molar-refractivity contribution in [3.63, 3.8) is 0 Å². The fraction of sp³-hybridized carbons (Fsp3) is 0.200. The Labute approximate surface area is 123 Å². The highest BCUT2D eigenvalue weighted by Gasteiger charge is 2.23. The number of benzene rings is 2. The molecule has 0 heterocycles. The fourth-order valence-corrected chi connectivity index (χ4v) is 3.09. The van der Waals surface area contributed by atoms with Gasteiger partial charge in [-0.25, -0.2) is 12.8 Å². The summed E-state index contributed by atoms with van der Waals surface area (Å²) in [4.78, 5) is -0.00772. The van der Waals surface area contributed by atoms with E-state index in [-0.39, 0.29) is 11.4 Å². The molecule has 0 amide bonds. The minimum atomic E-state index is -3.75. The van der Waals surface area contributed by atoms with E-state index in [2.05, 4.69) is 0 Å². The van der Waals surface area contributed by atoms with Crippen LogP contribution >= 0.6 is 0 Å². The number of rotatable bonds is 5. The largest absolute Gasteiger partial charge is 0.387 e. The quantitative estimate of drug-likeness (QED) is 0.921. The van der Waals surface area contributed by atoms with E-state index in [0.29, 0.717) is 5.56 Å². The summed E-state index contributed by atoms with van der Waals surface area (Å²) < 4.78 is 38.5. The number of nitrogens with zero attached hydrogens (tertiary/aromatic N) is 1. The zero-order chi connectivity index (χ0) is 15.5. The molecule has 0 saturated carbocycles. The molecule has 0 radical (unpaired) electrons. The third kappa shape index (κ3) is 3.66. The Hall–Kier alpha value is -1.76. The number of hydrogen-bond acceptors (Lipinski definition) is 3. The average Bonchev–Trinajstić information content (AvgIpc) is 2.48. The predicted octanol–water partition coefficient (Wildman–Crippen LogP) is 2.18. The lowest BCUT2D eigenvalue weighted by Gasteiger charge is -2.20. The van der Waals surface area contributed by atoms with Crippen LogP contribution in [0, 0.1) is 5.82 Å². The van der Waals surface area contributed by atoms with Crippen LogP contribution in [0.3, 0.4) is 0 Å². The number of hydrogen-bond donors (Lipinski definition) is 1. The molecule has 112 valence electrons. The van der Waals surface area contributed by atoms with Crippen molar-refractivity contribution in [2.75, 3.05) is 13.6 Å². The van der Waals surface area contributed by atoms with E-state index in [1.165, 1.54) is 19.2 Å². The molecule has 2 rings (SSSR count). The zero-order valence-corrected chi connectivity index (χ0v) is 12.3. The first kappa shape index (κ1) is 15.6. The fourth-order valence-electron chi connectivity index (χ4n) is 1.91. The highest BCUT2D eigenvalue weighted by molar-refractivity contribution is 7.89. The Kier molecular flexibility index (Phi) is 4.72. The van der Waals surface area contributed by atoms with Crippen molar-refractivity contribution >= 4 is 10.0 Å². The second-order valence-electron chi connectivity index (χ2n) is 4.67. The maximum atomic E-state index is 12.9. The Balaban J connectivity index is 2.15. The van der Waals surface area contributed by atoms with Gasteiger partial charge in [0, 0.05) is 13.6 Å². The highest BCUT2D eigenvalue weighted by atomic mass is 32.2. The molecule has 0 aliphatic carbocycles. The lowest BCUT2D eigenvalue weighted by atomic mass is 10.1. The Bertz CT molecular complexity index is 687. The zero-order valence-electron chi connectivity index (χ0n) is 11.5. The van der Waals surface area contributed by atoms with Crippen molar-refractivity contribution < 1.29 is 17.9 Å². The van der Waals surface area contributed by atoms with E-state index in [1.54, 1.807) is 24.3 Å². The van der Waals surface area contributed by atoms with E-state index in [1.807, 2.05) is 6.07 Å². The van der Waals surface area contributed by atoms with Crippen molar-refractivity contribution in [1.29, 1.82) is 0 Å². The van der Waals surface area contributed by atoms with Crippen LogP contribution in [0.1, 0.15) is 11.7 Å². The monoisotopic (exact) mass is 309 g/mol. The first-order valence-electron chi connectivity index (χ1n) is 6.36. The molecule has 0 aromatic heterocycles. The number of sulfonamides is 1. The molecule has 0 bridgehead atoms. The van der Waals surface area contributed by atoms with E-state index in [4.69, 9.17) is 0 Å². The van der Waals surface area contributed by atoms with E-state index in [9.17, 15) is 17.9 Å². The summed E-state index contributed by atoms with van der Waals surface area (Å²) in [7, 11) is -2.37. The van der Waals surface area contributed by atoms with Gasteiger partial charge < -0.3 is 5.11 Å². The molecule has 1 atom stereocenters. The minimum absolute atomic E-state index is 0.00772. The van der Waals surface area contributed by atoms with Crippen molar-refractivity contribution in [3.05, 3.63) is 66.0 Å². The van der Waals surface area contributed by atoms with Crippen molar-refractivity contribution in [2.45, 2.75) is 11.0 Å². The number of aliphatic hydroxyl groups excluding tert-OH is 1. The molecule has 0 aliphatic heterocycles. The molecule has 0 saturated heterocycles. The van der Waals surface area contributed by atoms with Gasteiger partial charge in [-0.2, -0.15) is 4.31 Å². The Morgan fingerprint density at radius 2 is 1.67 bits per heavy atom. The summed E-state index contributed by atoms with van der Waals surface area (Å²) in [6, 6.07) is 13.4. The molecule has 4 nitrogen and oxygen atoms in total. The molecule has 1 unspecified atom stereocenters. The molecular weight excluding hydrogens is 293 g/mol. The molecule has 21 heavy (non-hydrogen) atoms. The van der Waals surface area contributed by atoms with Gasteiger partial charge in [-0.1, -0.05) is 30.3 Å². The second-order valence-corrected chi connectivity index (χ2v) is 6.71. The third-order valence-electron chi connectivity index (χ3n) is 3.14. The lowest BCUT2D eigenvalue weighted by molar-refractivity contribution is 0.155. The van der Waals surface area contributed by atoms with Gasteiger partial charge in [0.2, 0.25) is 10.0 Å². The van der Waals surface area contributed by atoms with Gasteiger partial charge >= 0.3 is 0 Å². The van der Waals surface area contributed by atoms with Gasteiger partial charge in [0.1, 0.15) is 5.82 Å². The van der Waals surface area contributed by atoms with Crippen molar-refractivity contribution in [1.82, 2.24) is 4.31 Å². The number of likely N-dealkylation sites (N-methyl/N-ethyl adjacent to an activating group) is 1. The smallest absolute Gasteiger partial charge is 0.242 e. The summed E-state index contributed by atoms with van der Waals surface area (Å²) in [6.07, 6.45) is -0.925. The third-order valence-corrected chi connectivity index (χ3v) is 4.97. The van der Waals surface area contributed by atoms with E-state index >= 15 is 0 Å².